The van der Waals surface area contributed by atoms with Crippen molar-refractivity contribution in [2.75, 3.05) is 0 Å². The predicted octanol–water partition coefficient (Wildman–Crippen LogP) is 5.40. The number of carbonyl (C=O) groups is 1. The van der Waals surface area contributed by atoms with E-state index in [-0.39, 0.29) is 18.2 Å². The molecule has 1 aliphatic heterocycles. The zero-order valence-electron chi connectivity index (χ0n) is 15.1. The van der Waals surface area contributed by atoms with Gasteiger partial charge in [0.25, 0.3) is 0 Å². The molecule has 1 saturated heterocycles. The molecule has 1 aliphatic carbocycles. The molecule has 0 aromatic heterocycles. The lowest BCUT2D eigenvalue weighted by molar-refractivity contribution is 0.129. The van der Waals surface area contributed by atoms with Crippen LogP contribution in [0.3, 0.4) is 0 Å². The van der Waals surface area contributed by atoms with Gasteiger partial charge in [0, 0.05) is 14.1 Å². The van der Waals surface area contributed by atoms with Crippen molar-refractivity contribution in [1.29, 1.82) is 0 Å². The predicted molar refractivity (Wildman–Crippen MR) is 102 cm³/mol. The van der Waals surface area contributed by atoms with E-state index in [2.05, 4.69) is 43.9 Å². The molecular weight excluding hydrogens is 326 g/mol. The van der Waals surface area contributed by atoms with Crippen molar-refractivity contribution in [3.05, 3.63) is 71.8 Å². The quantitative estimate of drug-likeness (QED) is 0.690. The first-order valence-electron chi connectivity index (χ1n) is 9.05. The summed E-state index contributed by atoms with van der Waals surface area (Å²) in [6, 6.07) is 20.8. The third kappa shape index (κ3) is 2.99. The fourth-order valence-corrected chi connectivity index (χ4v) is 6.40. The van der Waals surface area contributed by atoms with Crippen molar-refractivity contribution in [3.63, 3.8) is 0 Å². The summed E-state index contributed by atoms with van der Waals surface area (Å²) < 4.78 is 5.89. The van der Waals surface area contributed by atoms with Crippen molar-refractivity contribution in [2.45, 2.75) is 49.8 Å². The molecule has 4 rings (SSSR count). The van der Waals surface area contributed by atoms with E-state index in [1.165, 1.54) is 0 Å². The molecular formula is C21H25NO2Si. The zero-order valence-corrected chi connectivity index (χ0v) is 16.1. The van der Waals surface area contributed by atoms with Crippen molar-refractivity contribution in [1.82, 2.24) is 4.90 Å². The van der Waals surface area contributed by atoms with E-state index in [0.717, 1.165) is 17.5 Å². The molecule has 25 heavy (non-hydrogen) atoms. The Kier molecular flexibility index (Phi) is 3.95. The van der Waals surface area contributed by atoms with Crippen LogP contribution in [0.4, 0.5) is 4.79 Å². The van der Waals surface area contributed by atoms with E-state index in [0.29, 0.717) is 11.6 Å². The molecule has 0 unspecified atom stereocenters. The van der Waals surface area contributed by atoms with Crippen molar-refractivity contribution >= 4 is 14.2 Å². The van der Waals surface area contributed by atoms with Crippen LogP contribution >= 0.6 is 0 Å². The molecule has 1 amide bonds. The lowest BCUT2D eigenvalue weighted by atomic mass is 9.95. The minimum absolute atomic E-state index is 0.0394. The van der Waals surface area contributed by atoms with Gasteiger partial charge >= 0.3 is 6.09 Å². The van der Waals surface area contributed by atoms with Gasteiger partial charge in [0.05, 0.1) is 0 Å². The molecule has 2 aromatic carbocycles. The Morgan fingerprint density at radius 2 is 1.48 bits per heavy atom. The van der Waals surface area contributed by atoms with Gasteiger partial charge in [-0.15, -0.1) is 0 Å². The topological polar surface area (TPSA) is 29.5 Å². The van der Waals surface area contributed by atoms with Crippen LogP contribution in [0.25, 0.3) is 0 Å². The second-order valence-electron chi connectivity index (χ2n) is 8.25. The molecule has 1 saturated carbocycles. The van der Waals surface area contributed by atoms with E-state index >= 15 is 0 Å². The molecule has 0 N–H and O–H groups in total. The highest BCUT2D eigenvalue weighted by atomic mass is 28.3. The molecule has 1 heterocycles. The largest absolute Gasteiger partial charge is 0.439 e. The van der Waals surface area contributed by atoms with Gasteiger partial charge < -0.3 is 4.74 Å². The number of nitrogens with zero attached hydrogens (tertiary/aromatic N) is 1. The summed E-state index contributed by atoms with van der Waals surface area (Å²) in [5.41, 5.74) is 2.89. The van der Waals surface area contributed by atoms with E-state index < -0.39 is 8.07 Å². The Labute approximate surface area is 150 Å². The summed E-state index contributed by atoms with van der Waals surface area (Å²) in [6.45, 7) is 7.18. The smallest absolute Gasteiger partial charge is 0.411 e. The normalized spacial score (nSPS) is 28.8. The highest BCUT2D eigenvalue weighted by molar-refractivity contribution is 6.78. The first-order chi connectivity index (χ1) is 12.0. The number of rotatable bonds is 4. The van der Waals surface area contributed by atoms with Crippen molar-refractivity contribution < 1.29 is 9.53 Å². The first kappa shape index (κ1) is 16.4. The van der Waals surface area contributed by atoms with Gasteiger partial charge in [-0.25, -0.2) is 4.79 Å². The molecule has 4 heteroatoms. The summed E-state index contributed by atoms with van der Waals surface area (Å²) in [5.74, 6) is 0. The molecule has 0 bridgehead atoms. The van der Waals surface area contributed by atoms with Crippen LogP contribution in [0.1, 0.15) is 29.7 Å². The first-order valence-corrected chi connectivity index (χ1v) is 12.6. The average molecular weight is 352 g/mol. The number of carbonyl (C=O) groups excluding carboxylic acids is 1. The molecule has 2 aliphatic rings. The van der Waals surface area contributed by atoms with Gasteiger partial charge in [0.15, 0.2) is 6.10 Å². The summed E-state index contributed by atoms with van der Waals surface area (Å²) in [6.07, 6.45) is 0.725. The molecule has 0 radical (unpaired) electrons. The molecule has 2 fully saturated rings. The summed E-state index contributed by atoms with van der Waals surface area (Å²) in [4.78, 5) is 14.9. The van der Waals surface area contributed by atoms with Gasteiger partial charge in [0.1, 0.15) is 6.04 Å². The number of ether oxygens (including phenoxy) is 1. The van der Waals surface area contributed by atoms with Crippen LogP contribution in [-0.2, 0) is 4.74 Å². The summed E-state index contributed by atoms with van der Waals surface area (Å²) in [5, 5.41) is 0. The third-order valence-corrected chi connectivity index (χ3v) is 8.37. The maximum atomic E-state index is 12.8. The molecule has 3 nitrogen and oxygen atoms in total. The van der Waals surface area contributed by atoms with Crippen LogP contribution in [0.15, 0.2) is 60.7 Å². The average Bonchev–Trinajstić information content (AvgIpc) is 3.33. The molecule has 2 aromatic rings. The van der Waals surface area contributed by atoms with E-state index in [4.69, 9.17) is 4.74 Å². The number of amides is 1. The monoisotopic (exact) mass is 351 g/mol. The van der Waals surface area contributed by atoms with Crippen LogP contribution < -0.4 is 0 Å². The van der Waals surface area contributed by atoms with Crippen LogP contribution in [-0.4, -0.2) is 25.1 Å². The second-order valence-corrected chi connectivity index (χ2v) is 13.7. The lowest BCUT2D eigenvalue weighted by Gasteiger charge is -2.27. The Hall–Kier alpha value is -2.07. The van der Waals surface area contributed by atoms with Gasteiger partial charge in [0.2, 0.25) is 0 Å². The highest BCUT2D eigenvalue weighted by Crippen LogP contribution is 2.55. The molecule has 4 atom stereocenters. The van der Waals surface area contributed by atoms with Gasteiger partial charge in [-0.3, -0.25) is 4.90 Å². The second kappa shape index (κ2) is 6.02. The van der Waals surface area contributed by atoms with E-state index in [1.54, 1.807) is 0 Å². The van der Waals surface area contributed by atoms with Crippen LogP contribution in [0.2, 0.25) is 25.2 Å². The molecule has 130 valence electrons. The number of cyclic esters (lactones) is 1. The minimum atomic E-state index is -1.26. The maximum Gasteiger partial charge on any atom is 0.411 e. The van der Waals surface area contributed by atoms with Crippen LogP contribution in [0.5, 0.6) is 0 Å². The minimum Gasteiger partial charge on any atom is -0.439 e. The van der Waals surface area contributed by atoms with Crippen LogP contribution in [0, 0.1) is 0 Å². The number of hydrogen-bond acceptors (Lipinski definition) is 2. The van der Waals surface area contributed by atoms with E-state index in [1.807, 2.05) is 41.3 Å². The highest BCUT2D eigenvalue weighted by Gasteiger charge is 2.57. The number of hydrogen-bond donors (Lipinski definition) is 0. The zero-order chi connectivity index (χ0) is 17.6. The standard InChI is InChI=1S/C21H25NO2Si/c1-25(2,3)18-14-17(18)22-19(15-10-6-4-7-11-15)20(24-21(22)23)16-12-8-5-9-13-16/h4-13,17-20H,14H2,1-3H3/t17-,18-,19+,20-/m1/s1. The Morgan fingerprint density at radius 3 is 2.00 bits per heavy atom. The van der Waals surface area contributed by atoms with Gasteiger partial charge in [-0.05, 0) is 23.1 Å². The van der Waals surface area contributed by atoms with Crippen molar-refractivity contribution in [3.8, 4) is 0 Å². The summed E-state index contributed by atoms with van der Waals surface area (Å²) >= 11 is 0. The third-order valence-electron chi connectivity index (χ3n) is 5.52. The lowest BCUT2D eigenvalue weighted by Crippen LogP contribution is -2.34. The fraction of sp³-hybridized carbons (Fsp3) is 0.381. The Morgan fingerprint density at radius 1 is 0.920 bits per heavy atom. The Balaban J connectivity index is 1.72. The Bertz CT molecular complexity index is 756. The van der Waals surface area contributed by atoms with Gasteiger partial charge in [-0.2, -0.15) is 0 Å². The van der Waals surface area contributed by atoms with E-state index in [9.17, 15) is 4.79 Å². The maximum absolute atomic E-state index is 12.8. The summed E-state index contributed by atoms with van der Waals surface area (Å²) in [7, 11) is -1.26. The van der Waals surface area contributed by atoms with Crippen molar-refractivity contribution in [2.24, 2.45) is 0 Å². The fourth-order valence-electron chi connectivity index (χ4n) is 4.13. The SMILES string of the molecule is C[Si](C)(C)[C@@H]1C[C@H]1N1C(=O)O[C@H](c2ccccc2)[C@@H]1c1ccccc1. The van der Waals surface area contributed by atoms with Gasteiger partial charge in [-0.1, -0.05) is 80.3 Å². The number of benzene rings is 2. The molecule has 0 spiro atoms.